The van der Waals surface area contributed by atoms with Gasteiger partial charge in [0.25, 0.3) is 0 Å². The van der Waals surface area contributed by atoms with Crippen LogP contribution in [0.4, 0.5) is 4.79 Å². The van der Waals surface area contributed by atoms with Gasteiger partial charge in [-0.05, 0) is 11.8 Å². The third-order valence-electron chi connectivity index (χ3n) is 2.62. The Labute approximate surface area is 102 Å². The van der Waals surface area contributed by atoms with Gasteiger partial charge in [0.1, 0.15) is 0 Å². The zero-order valence-corrected chi connectivity index (χ0v) is 10.9. The highest BCUT2D eigenvalue weighted by Crippen LogP contribution is 2.17. The van der Waals surface area contributed by atoms with Crippen LogP contribution in [0, 0.1) is 5.41 Å². The summed E-state index contributed by atoms with van der Waals surface area (Å²) in [6.07, 6.45) is 0.924. The lowest BCUT2D eigenvalue weighted by molar-refractivity contribution is -0.140. The topological polar surface area (TPSA) is 87.7 Å². The number of hydrogen-bond acceptors (Lipinski definition) is 3. The zero-order valence-electron chi connectivity index (χ0n) is 10.9. The van der Waals surface area contributed by atoms with E-state index in [4.69, 9.17) is 9.84 Å². The molecule has 1 unspecified atom stereocenters. The Morgan fingerprint density at radius 2 is 2.00 bits per heavy atom. The number of carboxylic acids is 1. The SMILES string of the molecule is CCC(C)(C)CNC(=O)NC(COC)C(=O)O. The molecule has 0 aliphatic rings. The minimum absolute atomic E-state index is 0.00266. The molecule has 0 saturated carbocycles. The van der Waals surface area contributed by atoms with E-state index >= 15 is 0 Å². The standard InChI is InChI=1S/C11H22N2O4/c1-5-11(2,3)7-12-10(16)13-8(6-17-4)9(14)15/h8H,5-7H2,1-4H3,(H,14,15)(H2,12,13,16). The van der Waals surface area contributed by atoms with Gasteiger partial charge in [-0.15, -0.1) is 0 Å². The second-order valence-corrected chi connectivity index (χ2v) is 4.69. The summed E-state index contributed by atoms with van der Waals surface area (Å²) < 4.78 is 4.71. The van der Waals surface area contributed by atoms with Crippen LogP contribution in [-0.2, 0) is 9.53 Å². The van der Waals surface area contributed by atoms with Gasteiger partial charge in [0.15, 0.2) is 6.04 Å². The Kier molecular flexibility index (Phi) is 6.57. The normalized spacial score (nSPS) is 12.9. The number of amides is 2. The fraction of sp³-hybridized carbons (Fsp3) is 0.818. The number of carbonyl (C=O) groups is 2. The number of urea groups is 1. The molecule has 0 radical (unpaired) electrons. The van der Waals surface area contributed by atoms with Crippen LogP contribution in [0.1, 0.15) is 27.2 Å². The Bertz CT molecular complexity index is 266. The van der Waals surface area contributed by atoms with Crippen molar-refractivity contribution in [1.29, 1.82) is 0 Å². The van der Waals surface area contributed by atoms with E-state index in [1.165, 1.54) is 7.11 Å². The molecule has 0 aromatic heterocycles. The number of rotatable bonds is 7. The van der Waals surface area contributed by atoms with E-state index < -0.39 is 18.0 Å². The van der Waals surface area contributed by atoms with Crippen molar-refractivity contribution in [3.8, 4) is 0 Å². The first kappa shape index (κ1) is 15.7. The largest absolute Gasteiger partial charge is 0.480 e. The van der Waals surface area contributed by atoms with Gasteiger partial charge in [-0.25, -0.2) is 9.59 Å². The third kappa shape index (κ3) is 6.78. The highest BCUT2D eigenvalue weighted by atomic mass is 16.5. The molecule has 6 heteroatoms. The highest BCUT2D eigenvalue weighted by molar-refractivity contribution is 5.82. The number of methoxy groups -OCH3 is 1. The summed E-state index contributed by atoms with van der Waals surface area (Å²) in [7, 11) is 1.38. The maximum atomic E-state index is 11.5. The van der Waals surface area contributed by atoms with Crippen molar-refractivity contribution in [2.24, 2.45) is 5.41 Å². The lowest BCUT2D eigenvalue weighted by Crippen LogP contribution is -2.49. The van der Waals surface area contributed by atoms with Gasteiger partial charge >= 0.3 is 12.0 Å². The molecule has 0 aromatic carbocycles. The number of ether oxygens (including phenoxy) is 1. The number of aliphatic carboxylic acids is 1. The van der Waals surface area contributed by atoms with E-state index in [0.29, 0.717) is 6.54 Å². The van der Waals surface area contributed by atoms with E-state index in [-0.39, 0.29) is 12.0 Å². The quantitative estimate of drug-likeness (QED) is 0.620. The van der Waals surface area contributed by atoms with Crippen LogP contribution in [0.2, 0.25) is 0 Å². The van der Waals surface area contributed by atoms with E-state index in [1.807, 2.05) is 20.8 Å². The van der Waals surface area contributed by atoms with Crippen LogP contribution >= 0.6 is 0 Å². The van der Waals surface area contributed by atoms with Crippen molar-refractivity contribution in [1.82, 2.24) is 10.6 Å². The molecule has 0 aromatic rings. The second kappa shape index (κ2) is 7.11. The van der Waals surface area contributed by atoms with Gasteiger partial charge in [-0.1, -0.05) is 20.8 Å². The average Bonchev–Trinajstić information content (AvgIpc) is 2.26. The molecular weight excluding hydrogens is 224 g/mol. The van der Waals surface area contributed by atoms with Gasteiger partial charge in [-0.3, -0.25) is 0 Å². The Morgan fingerprint density at radius 1 is 1.41 bits per heavy atom. The van der Waals surface area contributed by atoms with Gasteiger partial charge in [0.05, 0.1) is 6.61 Å². The number of carboxylic acid groups (broad SMARTS) is 1. The van der Waals surface area contributed by atoms with Crippen LogP contribution in [0.5, 0.6) is 0 Å². The smallest absolute Gasteiger partial charge is 0.328 e. The molecule has 0 spiro atoms. The van der Waals surface area contributed by atoms with Crippen molar-refractivity contribution < 1.29 is 19.4 Å². The summed E-state index contributed by atoms with van der Waals surface area (Å²) in [5.74, 6) is -1.11. The zero-order chi connectivity index (χ0) is 13.5. The lowest BCUT2D eigenvalue weighted by atomic mass is 9.90. The molecule has 0 aliphatic heterocycles. The van der Waals surface area contributed by atoms with E-state index in [9.17, 15) is 9.59 Å². The van der Waals surface area contributed by atoms with Crippen LogP contribution in [-0.4, -0.2) is 43.4 Å². The molecule has 2 amide bonds. The Hall–Kier alpha value is -1.30. The minimum atomic E-state index is -1.11. The van der Waals surface area contributed by atoms with Gasteiger partial charge in [-0.2, -0.15) is 0 Å². The predicted molar refractivity (Wildman–Crippen MR) is 63.9 cm³/mol. The summed E-state index contributed by atoms with van der Waals surface area (Å²) in [6, 6.07) is -1.51. The summed E-state index contributed by atoms with van der Waals surface area (Å²) >= 11 is 0. The molecule has 0 aliphatic carbocycles. The fourth-order valence-electron chi connectivity index (χ4n) is 0.995. The number of hydrogen-bond donors (Lipinski definition) is 3. The van der Waals surface area contributed by atoms with Crippen molar-refractivity contribution in [2.45, 2.75) is 33.2 Å². The van der Waals surface area contributed by atoms with Crippen LogP contribution in [0.15, 0.2) is 0 Å². The molecule has 6 nitrogen and oxygen atoms in total. The van der Waals surface area contributed by atoms with Crippen molar-refractivity contribution in [3.05, 3.63) is 0 Å². The monoisotopic (exact) mass is 246 g/mol. The Balaban J connectivity index is 4.11. The molecule has 0 fully saturated rings. The number of carbonyl (C=O) groups excluding carboxylic acids is 1. The predicted octanol–water partition coefficient (Wildman–Crippen LogP) is 0.821. The van der Waals surface area contributed by atoms with E-state index in [2.05, 4.69) is 10.6 Å². The fourth-order valence-corrected chi connectivity index (χ4v) is 0.995. The first-order valence-electron chi connectivity index (χ1n) is 5.58. The highest BCUT2D eigenvalue weighted by Gasteiger charge is 2.21. The summed E-state index contributed by atoms with van der Waals surface area (Å²) in [4.78, 5) is 22.2. The van der Waals surface area contributed by atoms with Crippen molar-refractivity contribution >= 4 is 12.0 Å². The molecule has 0 bridgehead atoms. The molecular formula is C11H22N2O4. The first-order chi connectivity index (χ1) is 7.82. The molecule has 100 valence electrons. The van der Waals surface area contributed by atoms with Crippen molar-refractivity contribution in [3.63, 3.8) is 0 Å². The summed E-state index contributed by atoms with van der Waals surface area (Å²) in [5.41, 5.74) is -0.00266. The van der Waals surface area contributed by atoms with Gasteiger partial charge in [0.2, 0.25) is 0 Å². The van der Waals surface area contributed by atoms with Gasteiger partial charge < -0.3 is 20.5 Å². The maximum Gasteiger partial charge on any atom is 0.328 e. The third-order valence-corrected chi connectivity index (χ3v) is 2.62. The van der Waals surface area contributed by atoms with Crippen LogP contribution < -0.4 is 10.6 Å². The van der Waals surface area contributed by atoms with E-state index in [1.54, 1.807) is 0 Å². The number of nitrogens with one attached hydrogen (secondary N) is 2. The first-order valence-corrected chi connectivity index (χ1v) is 5.58. The maximum absolute atomic E-state index is 11.5. The van der Waals surface area contributed by atoms with Crippen molar-refractivity contribution in [2.75, 3.05) is 20.3 Å². The molecule has 3 N–H and O–H groups in total. The molecule has 17 heavy (non-hydrogen) atoms. The average molecular weight is 246 g/mol. The molecule has 0 rings (SSSR count). The summed E-state index contributed by atoms with van der Waals surface area (Å²) in [6.45, 7) is 6.52. The molecule has 1 atom stereocenters. The lowest BCUT2D eigenvalue weighted by Gasteiger charge is -2.23. The van der Waals surface area contributed by atoms with Gasteiger partial charge in [0, 0.05) is 13.7 Å². The second-order valence-electron chi connectivity index (χ2n) is 4.69. The minimum Gasteiger partial charge on any atom is -0.480 e. The molecule has 0 heterocycles. The van der Waals surface area contributed by atoms with Crippen LogP contribution in [0.3, 0.4) is 0 Å². The van der Waals surface area contributed by atoms with Crippen LogP contribution in [0.25, 0.3) is 0 Å². The Morgan fingerprint density at radius 3 is 2.41 bits per heavy atom. The molecule has 0 saturated heterocycles. The van der Waals surface area contributed by atoms with E-state index in [0.717, 1.165) is 6.42 Å². The summed E-state index contributed by atoms with van der Waals surface area (Å²) in [5, 5.41) is 13.8.